The molecule has 0 fully saturated rings. The molecule has 18 heavy (non-hydrogen) atoms. The molecule has 0 spiro atoms. The van der Waals surface area contributed by atoms with Gasteiger partial charge in [0, 0.05) is 16.7 Å². The van der Waals surface area contributed by atoms with Crippen molar-refractivity contribution in [3.05, 3.63) is 40.9 Å². The maximum atomic E-state index is 11.6. The van der Waals surface area contributed by atoms with Crippen molar-refractivity contribution in [2.45, 2.75) is 13.3 Å². The maximum Gasteiger partial charge on any atom is 0.233 e. The molecule has 2 amide bonds. The van der Waals surface area contributed by atoms with Gasteiger partial charge in [0.1, 0.15) is 6.42 Å². The van der Waals surface area contributed by atoms with Crippen LogP contribution in [0.2, 0.25) is 0 Å². The fraction of sp³-hybridized carbons (Fsp3) is 0.231. The molecule has 1 aromatic carbocycles. The van der Waals surface area contributed by atoms with Gasteiger partial charge < -0.3 is 10.6 Å². The second-order valence-electron chi connectivity index (χ2n) is 3.78. The molecule has 0 saturated heterocycles. The molecule has 0 radical (unpaired) electrons. The van der Waals surface area contributed by atoms with Crippen molar-refractivity contribution >= 4 is 33.4 Å². The molecule has 0 atom stereocenters. The van der Waals surface area contributed by atoms with Gasteiger partial charge in [-0.15, -0.1) is 6.58 Å². The van der Waals surface area contributed by atoms with Gasteiger partial charge in [-0.05, 0) is 24.6 Å². The normalized spacial score (nSPS) is 9.67. The van der Waals surface area contributed by atoms with Gasteiger partial charge in [0.2, 0.25) is 11.8 Å². The lowest BCUT2D eigenvalue weighted by molar-refractivity contribution is -0.126. The predicted molar refractivity (Wildman–Crippen MR) is 75.3 cm³/mol. The molecule has 0 bridgehead atoms. The van der Waals surface area contributed by atoms with E-state index in [-0.39, 0.29) is 18.2 Å². The Hall–Kier alpha value is -1.62. The predicted octanol–water partition coefficient (Wildman–Crippen LogP) is 2.39. The van der Waals surface area contributed by atoms with E-state index >= 15 is 0 Å². The van der Waals surface area contributed by atoms with Crippen LogP contribution in [0.4, 0.5) is 5.69 Å². The first kappa shape index (κ1) is 14.4. The van der Waals surface area contributed by atoms with Crippen LogP contribution in [0.25, 0.3) is 0 Å². The molecule has 0 heterocycles. The number of carbonyl (C=O) groups is 2. The summed E-state index contributed by atoms with van der Waals surface area (Å²) >= 11 is 3.38. The fourth-order valence-electron chi connectivity index (χ4n) is 1.27. The minimum Gasteiger partial charge on any atom is -0.352 e. The third kappa shape index (κ3) is 4.71. The summed E-state index contributed by atoms with van der Waals surface area (Å²) in [6.45, 7) is 5.80. The molecule has 5 heteroatoms. The molecule has 0 unspecified atom stereocenters. The third-order valence-corrected chi connectivity index (χ3v) is 3.07. The number of hydrogen-bond acceptors (Lipinski definition) is 2. The Kier molecular flexibility index (Phi) is 5.58. The second kappa shape index (κ2) is 6.96. The number of benzene rings is 1. The van der Waals surface area contributed by atoms with Crippen molar-refractivity contribution in [2.75, 3.05) is 11.9 Å². The number of anilines is 1. The van der Waals surface area contributed by atoms with E-state index in [2.05, 4.69) is 33.1 Å². The lowest BCUT2D eigenvalue weighted by atomic mass is 10.2. The zero-order valence-electron chi connectivity index (χ0n) is 10.1. The van der Waals surface area contributed by atoms with E-state index in [0.29, 0.717) is 12.2 Å². The zero-order valence-corrected chi connectivity index (χ0v) is 11.7. The number of rotatable bonds is 5. The molecule has 96 valence electrons. The Morgan fingerprint density at radius 3 is 2.72 bits per heavy atom. The highest BCUT2D eigenvalue weighted by Crippen LogP contribution is 2.20. The molecular weight excluding hydrogens is 296 g/mol. The van der Waals surface area contributed by atoms with Crippen molar-refractivity contribution in [2.24, 2.45) is 0 Å². The van der Waals surface area contributed by atoms with Gasteiger partial charge in [0.15, 0.2) is 0 Å². The summed E-state index contributed by atoms with van der Waals surface area (Å²) < 4.78 is 0.913. The quantitative estimate of drug-likeness (QED) is 0.648. The summed E-state index contributed by atoms with van der Waals surface area (Å²) in [6, 6.07) is 5.48. The molecule has 1 rings (SSSR count). The number of amides is 2. The van der Waals surface area contributed by atoms with E-state index < -0.39 is 0 Å². The standard InChI is InChI=1S/C13H15BrN2O2/c1-3-6-15-12(17)8-13(18)16-10-5-4-9(2)11(14)7-10/h3-5,7H,1,6,8H2,2H3,(H,15,17)(H,16,18). The van der Waals surface area contributed by atoms with Crippen LogP contribution in [-0.4, -0.2) is 18.4 Å². The third-order valence-electron chi connectivity index (χ3n) is 2.22. The number of halogens is 1. The largest absolute Gasteiger partial charge is 0.352 e. The van der Waals surface area contributed by atoms with Crippen LogP contribution in [0.3, 0.4) is 0 Å². The molecule has 0 aliphatic rings. The Morgan fingerprint density at radius 1 is 1.39 bits per heavy atom. The highest BCUT2D eigenvalue weighted by atomic mass is 79.9. The van der Waals surface area contributed by atoms with Crippen LogP contribution in [0, 0.1) is 6.92 Å². The fourth-order valence-corrected chi connectivity index (χ4v) is 1.65. The number of aryl methyl sites for hydroxylation is 1. The first-order valence-electron chi connectivity index (χ1n) is 5.46. The molecular formula is C13H15BrN2O2. The van der Waals surface area contributed by atoms with Gasteiger partial charge in [-0.3, -0.25) is 9.59 Å². The van der Waals surface area contributed by atoms with E-state index in [4.69, 9.17) is 0 Å². The van der Waals surface area contributed by atoms with E-state index in [1.807, 2.05) is 13.0 Å². The SMILES string of the molecule is C=CCNC(=O)CC(=O)Nc1ccc(C)c(Br)c1. The first-order chi connectivity index (χ1) is 8.52. The van der Waals surface area contributed by atoms with Crippen molar-refractivity contribution in [3.63, 3.8) is 0 Å². The van der Waals surface area contributed by atoms with Crippen LogP contribution in [0.1, 0.15) is 12.0 Å². The summed E-state index contributed by atoms with van der Waals surface area (Å²) in [6.07, 6.45) is 1.37. The Balaban J connectivity index is 2.51. The van der Waals surface area contributed by atoms with E-state index in [0.717, 1.165) is 10.0 Å². The van der Waals surface area contributed by atoms with Gasteiger partial charge in [-0.25, -0.2) is 0 Å². The Morgan fingerprint density at radius 2 is 2.11 bits per heavy atom. The monoisotopic (exact) mass is 310 g/mol. The minimum atomic E-state index is -0.340. The molecule has 1 aromatic rings. The Labute approximate surface area is 115 Å². The summed E-state index contributed by atoms with van der Waals surface area (Å²) in [7, 11) is 0. The van der Waals surface area contributed by atoms with Crippen molar-refractivity contribution in [1.29, 1.82) is 0 Å². The van der Waals surface area contributed by atoms with Crippen LogP contribution >= 0.6 is 15.9 Å². The van der Waals surface area contributed by atoms with E-state index in [9.17, 15) is 9.59 Å². The number of carbonyl (C=O) groups excluding carboxylic acids is 2. The molecule has 0 aliphatic carbocycles. The lowest BCUT2D eigenvalue weighted by Crippen LogP contribution is -2.28. The first-order valence-corrected chi connectivity index (χ1v) is 6.26. The van der Waals surface area contributed by atoms with Gasteiger partial charge >= 0.3 is 0 Å². The minimum absolute atomic E-state index is 0.195. The van der Waals surface area contributed by atoms with E-state index in [1.54, 1.807) is 18.2 Å². The molecule has 0 aliphatic heterocycles. The highest BCUT2D eigenvalue weighted by Gasteiger charge is 2.09. The van der Waals surface area contributed by atoms with Gasteiger partial charge in [0.05, 0.1) is 0 Å². The van der Waals surface area contributed by atoms with Crippen molar-refractivity contribution in [3.8, 4) is 0 Å². The number of nitrogens with one attached hydrogen (secondary N) is 2. The smallest absolute Gasteiger partial charge is 0.233 e. The average Bonchev–Trinajstić information content (AvgIpc) is 2.31. The Bertz CT molecular complexity index is 472. The van der Waals surface area contributed by atoms with Crippen LogP contribution in [0.5, 0.6) is 0 Å². The zero-order chi connectivity index (χ0) is 13.5. The molecule has 0 saturated carbocycles. The molecule has 2 N–H and O–H groups in total. The summed E-state index contributed by atoms with van der Waals surface area (Å²) in [5, 5.41) is 5.20. The second-order valence-corrected chi connectivity index (χ2v) is 4.64. The summed E-state index contributed by atoms with van der Waals surface area (Å²) in [4.78, 5) is 22.9. The topological polar surface area (TPSA) is 58.2 Å². The summed E-state index contributed by atoms with van der Waals surface area (Å²) in [5.74, 6) is -0.661. The lowest BCUT2D eigenvalue weighted by Gasteiger charge is -2.07. The van der Waals surface area contributed by atoms with Gasteiger partial charge in [-0.1, -0.05) is 28.1 Å². The van der Waals surface area contributed by atoms with Gasteiger partial charge in [-0.2, -0.15) is 0 Å². The van der Waals surface area contributed by atoms with Crippen LogP contribution in [0.15, 0.2) is 35.3 Å². The van der Waals surface area contributed by atoms with Crippen LogP contribution in [-0.2, 0) is 9.59 Å². The molecule has 0 aromatic heterocycles. The maximum absolute atomic E-state index is 11.6. The average molecular weight is 311 g/mol. The highest BCUT2D eigenvalue weighted by molar-refractivity contribution is 9.10. The van der Waals surface area contributed by atoms with Gasteiger partial charge in [0.25, 0.3) is 0 Å². The number of hydrogen-bond donors (Lipinski definition) is 2. The van der Waals surface area contributed by atoms with Crippen molar-refractivity contribution < 1.29 is 9.59 Å². The van der Waals surface area contributed by atoms with Crippen LogP contribution < -0.4 is 10.6 Å². The van der Waals surface area contributed by atoms with E-state index in [1.165, 1.54) is 0 Å². The van der Waals surface area contributed by atoms with Crippen molar-refractivity contribution in [1.82, 2.24) is 5.32 Å². The molecule has 4 nitrogen and oxygen atoms in total. The summed E-state index contributed by atoms with van der Waals surface area (Å²) in [5.41, 5.74) is 1.74.